The largest absolute Gasteiger partial charge is 0.256 e. The van der Waals surface area contributed by atoms with Gasteiger partial charge in [0.15, 0.2) is 17.5 Å². The van der Waals surface area contributed by atoms with E-state index in [2.05, 4.69) is 132 Å². The molecular formula is C55H33N5. The van der Waals surface area contributed by atoms with Crippen molar-refractivity contribution in [1.29, 1.82) is 5.26 Å². The molecule has 0 radical (unpaired) electrons. The smallest absolute Gasteiger partial charge is 0.164 e. The van der Waals surface area contributed by atoms with Crippen LogP contribution in [0, 0.1) is 11.3 Å². The van der Waals surface area contributed by atoms with Crippen molar-refractivity contribution < 1.29 is 0 Å². The van der Waals surface area contributed by atoms with Gasteiger partial charge in [0.05, 0.1) is 17.3 Å². The standard InChI is InChI=1S/C55H33N5/c56-34-35-13-15-38(16-14-35)44-29-31-48-46-10-4-5-11-47(46)49-32-30-45(51(44)52(48)49)39-21-17-36(18-22-39)37-19-25-42(26-20-37)54-58-53(41-8-2-1-3-9-41)59-55(60-54)43-27-23-40(24-28-43)50-12-6-7-33-57-50/h1-33H. The molecule has 0 atom stereocenters. The van der Waals surface area contributed by atoms with Gasteiger partial charge in [-0.1, -0.05) is 170 Å². The first-order valence-corrected chi connectivity index (χ1v) is 19.9. The number of benzene rings is 8. The molecule has 0 amide bonds. The first-order valence-electron chi connectivity index (χ1n) is 19.9. The number of nitriles is 1. The molecule has 8 aromatic carbocycles. The van der Waals surface area contributed by atoms with Crippen LogP contribution >= 0.6 is 0 Å². The normalized spacial score (nSPS) is 11.3. The maximum absolute atomic E-state index is 9.49. The summed E-state index contributed by atoms with van der Waals surface area (Å²) < 4.78 is 0. The molecule has 5 nitrogen and oxygen atoms in total. The maximum Gasteiger partial charge on any atom is 0.164 e. The second-order valence-corrected chi connectivity index (χ2v) is 14.9. The SMILES string of the molecule is N#Cc1ccc(-c2ccc3c4c(ccc(-c5ccc(-c6ccc(-c7nc(-c8ccccc8)nc(-c8ccc(-c9ccccn9)cc8)n7)cc6)cc5)c24)-c2ccccc2-3)cc1. The summed E-state index contributed by atoms with van der Waals surface area (Å²) in [5.41, 5.74) is 17.2. The summed E-state index contributed by atoms with van der Waals surface area (Å²) >= 11 is 0. The molecule has 60 heavy (non-hydrogen) atoms. The molecule has 1 aliphatic rings. The molecule has 10 aromatic rings. The van der Waals surface area contributed by atoms with Crippen molar-refractivity contribution >= 4 is 10.8 Å². The monoisotopic (exact) mass is 763 g/mol. The summed E-state index contributed by atoms with van der Waals surface area (Å²) in [7, 11) is 0. The fourth-order valence-corrected chi connectivity index (χ4v) is 8.43. The van der Waals surface area contributed by atoms with Crippen LogP contribution in [0.25, 0.3) is 112 Å². The van der Waals surface area contributed by atoms with E-state index in [-0.39, 0.29) is 0 Å². The number of rotatable bonds is 7. The summed E-state index contributed by atoms with van der Waals surface area (Å²) in [6.07, 6.45) is 1.80. The van der Waals surface area contributed by atoms with E-state index in [0.717, 1.165) is 55.8 Å². The minimum absolute atomic E-state index is 0.611. The molecule has 2 aromatic heterocycles. The zero-order valence-electron chi connectivity index (χ0n) is 32.3. The van der Waals surface area contributed by atoms with Crippen molar-refractivity contribution in [1.82, 2.24) is 19.9 Å². The third-order valence-electron chi connectivity index (χ3n) is 11.4. The van der Waals surface area contributed by atoms with E-state index in [4.69, 9.17) is 15.0 Å². The van der Waals surface area contributed by atoms with Gasteiger partial charge >= 0.3 is 0 Å². The molecule has 0 spiro atoms. The molecule has 5 heteroatoms. The van der Waals surface area contributed by atoms with Crippen LogP contribution in [-0.2, 0) is 0 Å². The Morgan fingerprint density at radius 1 is 0.300 bits per heavy atom. The van der Waals surface area contributed by atoms with Crippen LogP contribution in [0.5, 0.6) is 0 Å². The predicted octanol–water partition coefficient (Wildman–Crippen LogP) is 13.6. The van der Waals surface area contributed by atoms with Crippen LogP contribution in [-0.4, -0.2) is 19.9 Å². The highest BCUT2D eigenvalue weighted by Gasteiger charge is 2.25. The molecule has 1 aliphatic carbocycles. The summed E-state index contributed by atoms with van der Waals surface area (Å²) in [5, 5.41) is 12.0. The highest BCUT2D eigenvalue weighted by molar-refractivity contribution is 6.22. The van der Waals surface area contributed by atoms with Gasteiger partial charge in [-0.3, -0.25) is 4.98 Å². The number of nitrogens with zero attached hydrogens (tertiary/aromatic N) is 5. The zero-order chi connectivity index (χ0) is 40.0. The van der Waals surface area contributed by atoms with E-state index < -0.39 is 0 Å². The second-order valence-electron chi connectivity index (χ2n) is 14.9. The predicted molar refractivity (Wildman–Crippen MR) is 242 cm³/mol. The summed E-state index contributed by atoms with van der Waals surface area (Å²) in [4.78, 5) is 19.4. The summed E-state index contributed by atoms with van der Waals surface area (Å²) in [6, 6.07) is 69.3. The molecule has 0 unspecified atom stereocenters. The number of pyridine rings is 1. The molecule has 0 saturated heterocycles. The third-order valence-corrected chi connectivity index (χ3v) is 11.4. The average Bonchev–Trinajstić information content (AvgIpc) is 3.66. The Morgan fingerprint density at radius 3 is 1.20 bits per heavy atom. The average molecular weight is 764 g/mol. The Bertz CT molecular complexity index is 3230. The topological polar surface area (TPSA) is 75.3 Å². The Kier molecular flexibility index (Phi) is 8.46. The van der Waals surface area contributed by atoms with Gasteiger partial charge in [-0.2, -0.15) is 5.26 Å². The van der Waals surface area contributed by atoms with E-state index >= 15 is 0 Å². The molecule has 0 N–H and O–H groups in total. The molecule has 278 valence electrons. The lowest BCUT2D eigenvalue weighted by Crippen LogP contribution is -2.00. The Balaban J connectivity index is 0.943. The highest BCUT2D eigenvalue weighted by atomic mass is 15.0. The Hall–Kier alpha value is -8.33. The lowest BCUT2D eigenvalue weighted by atomic mass is 9.88. The van der Waals surface area contributed by atoms with Crippen molar-refractivity contribution in [2.75, 3.05) is 0 Å². The summed E-state index contributed by atoms with van der Waals surface area (Å²) in [6.45, 7) is 0. The van der Waals surface area contributed by atoms with Crippen LogP contribution in [0.4, 0.5) is 0 Å². The first-order chi connectivity index (χ1) is 29.7. The van der Waals surface area contributed by atoms with Gasteiger partial charge in [0, 0.05) is 28.5 Å². The van der Waals surface area contributed by atoms with Gasteiger partial charge in [-0.25, -0.2) is 15.0 Å². The highest BCUT2D eigenvalue weighted by Crippen LogP contribution is 2.52. The molecule has 0 bridgehead atoms. The molecular weight excluding hydrogens is 731 g/mol. The van der Waals surface area contributed by atoms with Crippen LogP contribution in [0.2, 0.25) is 0 Å². The van der Waals surface area contributed by atoms with Gasteiger partial charge in [0.2, 0.25) is 0 Å². The van der Waals surface area contributed by atoms with Gasteiger partial charge in [-0.15, -0.1) is 0 Å². The van der Waals surface area contributed by atoms with E-state index in [0.29, 0.717) is 23.0 Å². The van der Waals surface area contributed by atoms with E-state index in [1.165, 1.54) is 38.6 Å². The molecule has 11 rings (SSSR count). The molecule has 0 saturated carbocycles. The summed E-state index contributed by atoms with van der Waals surface area (Å²) in [5.74, 6) is 1.85. The van der Waals surface area contributed by atoms with Crippen molar-refractivity contribution in [2.45, 2.75) is 0 Å². The first kappa shape index (κ1) is 34.9. The quantitative estimate of drug-likeness (QED) is 0.162. The minimum Gasteiger partial charge on any atom is -0.256 e. The Morgan fingerprint density at radius 2 is 0.700 bits per heavy atom. The van der Waals surface area contributed by atoms with Gasteiger partial charge in [0.1, 0.15) is 0 Å². The second kappa shape index (κ2) is 14.6. The number of fused-ring (bicyclic) bond motifs is 3. The fraction of sp³-hybridized carbons (Fsp3) is 0. The molecule has 0 fully saturated rings. The maximum atomic E-state index is 9.49. The number of aromatic nitrogens is 4. The van der Waals surface area contributed by atoms with Crippen LogP contribution in [0.15, 0.2) is 200 Å². The fourth-order valence-electron chi connectivity index (χ4n) is 8.43. The minimum atomic E-state index is 0.611. The van der Waals surface area contributed by atoms with Crippen molar-refractivity contribution in [3.8, 4) is 107 Å². The van der Waals surface area contributed by atoms with Crippen molar-refractivity contribution in [2.24, 2.45) is 0 Å². The van der Waals surface area contributed by atoms with Crippen LogP contribution < -0.4 is 0 Å². The third kappa shape index (κ3) is 6.12. The van der Waals surface area contributed by atoms with E-state index in [1.807, 2.05) is 72.8 Å². The number of hydrogen-bond donors (Lipinski definition) is 0. The lowest BCUT2D eigenvalue weighted by Gasteiger charge is -2.15. The van der Waals surface area contributed by atoms with E-state index in [9.17, 15) is 5.26 Å². The Labute approximate surface area is 347 Å². The van der Waals surface area contributed by atoms with Gasteiger partial charge in [-0.05, 0) is 90.7 Å². The molecule has 0 aliphatic heterocycles. The van der Waals surface area contributed by atoms with Crippen molar-refractivity contribution in [3.05, 3.63) is 206 Å². The van der Waals surface area contributed by atoms with Gasteiger partial charge < -0.3 is 0 Å². The van der Waals surface area contributed by atoms with Crippen molar-refractivity contribution in [3.63, 3.8) is 0 Å². The van der Waals surface area contributed by atoms with Crippen LogP contribution in [0.3, 0.4) is 0 Å². The zero-order valence-corrected chi connectivity index (χ0v) is 32.3. The van der Waals surface area contributed by atoms with E-state index in [1.54, 1.807) is 6.20 Å². The van der Waals surface area contributed by atoms with Gasteiger partial charge in [0.25, 0.3) is 0 Å². The molecule has 2 heterocycles. The van der Waals surface area contributed by atoms with Crippen LogP contribution in [0.1, 0.15) is 5.56 Å². The number of hydrogen-bond acceptors (Lipinski definition) is 5. The lowest BCUT2D eigenvalue weighted by molar-refractivity contribution is 1.07.